The van der Waals surface area contributed by atoms with Crippen molar-refractivity contribution in [1.82, 2.24) is 5.32 Å². The second-order valence-electron chi connectivity index (χ2n) is 5.14. The van der Waals surface area contributed by atoms with Gasteiger partial charge in [-0.2, -0.15) is 0 Å². The normalized spacial score (nSPS) is 16.8. The van der Waals surface area contributed by atoms with E-state index in [-0.39, 0.29) is 17.2 Å². The number of halogens is 2. The molecule has 0 heterocycles. The molecule has 1 aliphatic carbocycles. The first-order valence-corrected chi connectivity index (χ1v) is 8.56. The Bertz CT molecular complexity index is 656. The van der Waals surface area contributed by atoms with Gasteiger partial charge in [0.05, 0.1) is 0 Å². The van der Waals surface area contributed by atoms with Gasteiger partial charge >= 0.3 is 0 Å². The van der Waals surface area contributed by atoms with Crippen LogP contribution < -0.4 is 5.32 Å². The van der Waals surface area contributed by atoms with Crippen LogP contribution in [0.4, 0.5) is 4.39 Å². The van der Waals surface area contributed by atoms with Crippen molar-refractivity contribution in [3.63, 3.8) is 0 Å². The molecule has 1 N–H and O–H groups in total. The van der Waals surface area contributed by atoms with Gasteiger partial charge in [-0.15, -0.1) is 0 Å². The van der Waals surface area contributed by atoms with Gasteiger partial charge < -0.3 is 5.32 Å². The van der Waals surface area contributed by atoms with Gasteiger partial charge in [-0.05, 0) is 50.3 Å². The van der Waals surface area contributed by atoms with Crippen molar-refractivity contribution in [1.29, 1.82) is 0 Å². The van der Waals surface area contributed by atoms with Gasteiger partial charge in [0.2, 0.25) is 0 Å². The lowest BCUT2D eigenvalue weighted by atomic mass is 10.1. The molecule has 1 fully saturated rings. The third-order valence-corrected chi connectivity index (χ3v) is 4.76. The topological polar surface area (TPSA) is 63.2 Å². The Hall–Kier alpha value is -1.14. The second kappa shape index (κ2) is 5.33. The zero-order chi connectivity index (χ0) is 15.1. The van der Waals surface area contributed by atoms with Gasteiger partial charge in [0, 0.05) is 22.3 Å². The summed E-state index contributed by atoms with van der Waals surface area (Å²) < 4.78 is 36.4. The molecule has 1 amide bonds. The summed E-state index contributed by atoms with van der Waals surface area (Å²) in [5.41, 5.74) is 0.159. The molecule has 20 heavy (non-hydrogen) atoms. The number of carbonyl (C=O) groups is 1. The van der Waals surface area contributed by atoms with Crippen LogP contribution in [0.1, 0.15) is 35.7 Å². The Kier molecular flexibility index (Phi) is 4.07. The molecular weight excluding hydrogens is 305 g/mol. The summed E-state index contributed by atoms with van der Waals surface area (Å²) in [5, 5.41) is 2.78. The minimum Gasteiger partial charge on any atom is -0.349 e. The van der Waals surface area contributed by atoms with Crippen LogP contribution in [0, 0.1) is 18.7 Å². The number of benzene rings is 1. The maximum absolute atomic E-state index is 13.7. The van der Waals surface area contributed by atoms with E-state index < -0.39 is 25.7 Å². The summed E-state index contributed by atoms with van der Waals surface area (Å²) >= 11 is 0. The summed E-state index contributed by atoms with van der Waals surface area (Å²) in [4.78, 5) is 11.4. The van der Waals surface area contributed by atoms with Gasteiger partial charge in [0.25, 0.3) is 15.0 Å². The fourth-order valence-electron chi connectivity index (χ4n) is 2.05. The predicted molar refractivity (Wildman–Crippen MR) is 73.8 cm³/mol. The third kappa shape index (κ3) is 3.30. The molecule has 0 bridgehead atoms. The minimum absolute atomic E-state index is 0.0175. The first-order chi connectivity index (χ1) is 9.20. The molecule has 1 aliphatic rings. The van der Waals surface area contributed by atoms with E-state index in [2.05, 4.69) is 5.32 Å². The van der Waals surface area contributed by atoms with Crippen molar-refractivity contribution in [2.24, 2.45) is 5.92 Å². The van der Waals surface area contributed by atoms with Crippen LogP contribution in [0.2, 0.25) is 0 Å². The predicted octanol–water partition coefficient (Wildman–Crippen LogP) is 2.59. The molecule has 110 valence electrons. The smallest absolute Gasteiger partial charge is 0.264 e. The molecule has 7 heteroatoms. The van der Waals surface area contributed by atoms with Crippen molar-refractivity contribution >= 4 is 25.6 Å². The summed E-state index contributed by atoms with van der Waals surface area (Å²) in [6, 6.07) is 2.30. The summed E-state index contributed by atoms with van der Waals surface area (Å²) in [6.45, 7) is 3.28. The maximum atomic E-state index is 13.7. The summed E-state index contributed by atoms with van der Waals surface area (Å²) in [6.07, 6.45) is 2.15. The highest BCUT2D eigenvalue weighted by Gasteiger charge is 2.29. The average molecular weight is 320 g/mol. The Balaban J connectivity index is 2.32. The molecule has 1 aromatic carbocycles. The largest absolute Gasteiger partial charge is 0.349 e. The van der Waals surface area contributed by atoms with Crippen LogP contribution >= 0.6 is 10.7 Å². The summed E-state index contributed by atoms with van der Waals surface area (Å²) in [5.74, 6) is -0.877. The molecule has 1 atom stereocenters. The van der Waals surface area contributed by atoms with Crippen LogP contribution in [0.3, 0.4) is 0 Å². The van der Waals surface area contributed by atoms with Gasteiger partial charge in [-0.1, -0.05) is 0 Å². The molecule has 0 aliphatic heterocycles. The molecule has 0 spiro atoms. The SMILES string of the molecule is Cc1cc(C(=O)NC(C)C2CC2)cc(S(=O)(=O)Cl)c1F. The molecule has 2 rings (SSSR count). The molecule has 1 unspecified atom stereocenters. The van der Waals surface area contributed by atoms with Crippen molar-refractivity contribution in [2.75, 3.05) is 0 Å². The monoisotopic (exact) mass is 319 g/mol. The Morgan fingerprint density at radius 1 is 1.45 bits per heavy atom. The van der Waals surface area contributed by atoms with E-state index in [1.54, 1.807) is 0 Å². The number of rotatable bonds is 4. The summed E-state index contributed by atoms with van der Waals surface area (Å²) in [7, 11) is 0.952. The van der Waals surface area contributed by atoms with Crippen LogP contribution in [0.5, 0.6) is 0 Å². The van der Waals surface area contributed by atoms with Crippen LogP contribution in [-0.2, 0) is 9.05 Å². The Morgan fingerprint density at radius 3 is 2.55 bits per heavy atom. The second-order valence-corrected chi connectivity index (χ2v) is 7.68. The van der Waals surface area contributed by atoms with Crippen LogP contribution in [0.25, 0.3) is 0 Å². The molecule has 4 nitrogen and oxygen atoms in total. The van der Waals surface area contributed by atoms with Crippen LogP contribution in [0.15, 0.2) is 17.0 Å². The van der Waals surface area contributed by atoms with Gasteiger partial charge in [-0.25, -0.2) is 12.8 Å². The first kappa shape index (κ1) is 15.3. The number of nitrogens with one attached hydrogen (secondary N) is 1. The van der Waals surface area contributed by atoms with E-state index in [4.69, 9.17) is 10.7 Å². The van der Waals surface area contributed by atoms with Crippen molar-refractivity contribution < 1.29 is 17.6 Å². The van der Waals surface area contributed by atoms with E-state index in [0.717, 1.165) is 18.9 Å². The van der Waals surface area contributed by atoms with E-state index >= 15 is 0 Å². The number of hydrogen-bond acceptors (Lipinski definition) is 3. The fourth-order valence-corrected chi connectivity index (χ4v) is 3.03. The number of carbonyl (C=O) groups excluding carboxylic acids is 1. The minimum atomic E-state index is -4.23. The quantitative estimate of drug-likeness (QED) is 0.868. The van der Waals surface area contributed by atoms with Gasteiger partial charge in [-0.3, -0.25) is 4.79 Å². The lowest BCUT2D eigenvalue weighted by Gasteiger charge is -2.14. The van der Waals surface area contributed by atoms with Gasteiger partial charge in [0.15, 0.2) is 0 Å². The molecule has 1 aromatic rings. The maximum Gasteiger partial charge on any atom is 0.264 e. The number of hydrogen-bond donors (Lipinski definition) is 1. The lowest BCUT2D eigenvalue weighted by Crippen LogP contribution is -2.34. The molecular formula is C13H15ClFNO3S. The zero-order valence-electron chi connectivity index (χ0n) is 11.1. The van der Waals surface area contributed by atoms with E-state index in [1.807, 2.05) is 6.92 Å². The van der Waals surface area contributed by atoms with Crippen LogP contribution in [-0.4, -0.2) is 20.4 Å². The van der Waals surface area contributed by atoms with Crippen molar-refractivity contribution in [3.05, 3.63) is 29.1 Å². The standard InChI is InChI=1S/C13H15ClFNO3S/c1-7-5-10(6-11(12(7)15)20(14,18)19)13(17)16-8(2)9-3-4-9/h5-6,8-9H,3-4H2,1-2H3,(H,16,17). The Morgan fingerprint density at radius 2 is 2.05 bits per heavy atom. The zero-order valence-corrected chi connectivity index (χ0v) is 12.7. The lowest BCUT2D eigenvalue weighted by molar-refractivity contribution is 0.0935. The number of amides is 1. The van der Waals surface area contributed by atoms with E-state index in [1.165, 1.54) is 13.0 Å². The number of aryl methyl sites for hydroxylation is 1. The van der Waals surface area contributed by atoms with Crippen molar-refractivity contribution in [2.45, 2.75) is 37.6 Å². The molecule has 1 saturated carbocycles. The third-order valence-electron chi connectivity index (χ3n) is 3.43. The fraction of sp³-hybridized carbons (Fsp3) is 0.462. The van der Waals surface area contributed by atoms with Crippen molar-refractivity contribution in [3.8, 4) is 0 Å². The highest BCUT2D eigenvalue weighted by molar-refractivity contribution is 8.13. The molecule has 0 saturated heterocycles. The van der Waals surface area contributed by atoms with E-state index in [0.29, 0.717) is 5.92 Å². The highest BCUT2D eigenvalue weighted by Crippen LogP contribution is 2.32. The van der Waals surface area contributed by atoms with E-state index in [9.17, 15) is 17.6 Å². The molecule has 0 aromatic heterocycles. The Labute approximate surface area is 121 Å². The molecule has 0 radical (unpaired) electrons. The average Bonchev–Trinajstić information content (AvgIpc) is 3.14. The first-order valence-electron chi connectivity index (χ1n) is 6.26. The van der Waals surface area contributed by atoms with Gasteiger partial charge in [0.1, 0.15) is 10.7 Å². The highest BCUT2D eigenvalue weighted by atomic mass is 35.7.